The minimum atomic E-state index is 1.02. The van der Waals surface area contributed by atoms with Gasteiger partial charge in [-0.1, -0.05) is 17.8 Å². The summed E-state index contributed by atoms with van der Waals surface area (Å²) in [6.07, 6.45) is 9.71. The SMILES string of the molecule is C1=CSc2nccn2C=C1. The molecule has 2 heterocycles. The van der Waals surface area contributed by atoms with Gasteiger partial charge in [0, 0.05) is 18.6 Å². The standard InChI is InChI=1S/C7H6N2S/c1-2-6-10-7-8-3-5-9(7)4-1/h1-6H. The number of fused-ring (bicyclic) bond motifs is 1. The molecule has 1 aliphatic heterocycles. The summed E-state index contributed by atoms with van der Waals surface area (Å²) in [5, 5.41) is 3.03. The van der Waals surface area contributed by atoms with E-state index in [0.717, 1.165) is 5.16 Å². The topological polar surface area (TPSA) is 17.8 Å². The highest BCUT2D eigenvalue weighted by Crippen LogP contribution is 2.19. The lowest BCUT2D eigenvalue weighted by atomic mass is 10.6. The van der Waals surface area contributed by atoms with Gasteiger partial charge in [0.05, 0.1) is 0 Å². The molecule has 0 saturated heterocycles. The van der Waals surface area contributed by atoms with Crippen LogP contribution in [0.2, 0.25) is 0 Å². The zero-order valence-corrected chi connectivity index (χ0v) is 6.08. The lowest BCUT2D eigenvalue weighted by Gasteiger charge is -1.93. The maximum absolute atomic E-state index is 4.14. The summed E-state index contributed by atoms with van der Waals surface area (Å²) in [5.41, 5.74) is 0. The minimum Gasteiger partial charge on any atom is -0.301 e. The Hall–Kier alpha value is -0.960. The van der Waals surface area contributed by atoms with E-state index in [2.05, 4.69) is 4.98 Å². The van der Waals surface area contributed by atoms with Gasteiger partial charge in [0.1, 0.15) is 0 Å². The number of aromatic nitrogens is 2. The van der Waals surface area contributed by atoms with Crippen molar-refractivity contribution in [2.45, 2.75) is 5.16 Å². The Kier molecular flexibility index (Phi) is 1.36. The quantitative estimate of drug-likeness (QED) is 0.562. The number of nitrogens with zero attached hydrogens (tertiary/aromatic N) is 2. The van der Waals surface area contributed by atoms with E-state index >= 15 is 0 Å². The van der Waals surface area contributed by atoms with E-state index in [4.69, 9.17) is 0 Å². The van der Waals surface area contributed by atoms with Crippen molar-refractivity contribution in [2.75, 3.05) is 0 Å². The molecule has 0 aromatic carbocycles. The van der Waals surface area contributed by atoms with Gasteiger partial charge in [-0.05, 0) is 11.5 Å². The highest BCUT2D eigenvalue weighted by Gasteiger charge is 1.98. The van der Waals surface area contributed by atoms with Gasteiger partial charge < -0.3 is 4.57 Å². The van der Waals surface area contributed by atoms with Gasteiger partial charge in [0.15, 0.2) is 5.16 Å². The minimum absolute atomic E-state index is 1.02. The maximum atomic E-state index is 4.14. The van der Waals surface area contributed by atoms with Crippen LogP contribution in [0.15, 0.2) is 35.1 Å². The third kappa shape index (κ3) is 0.885. The second kappa shape index (κ2) is 2.34. The van der Waals surface area contributed by atoms with Crippen molar-refractivity contribution in [3.8, 4) is 0 Å². The predicted octanol–water partition coefficient (Wildman–Crippen LogP) is 1.97. The van der Waals surface area contributed by atoms with Gasteiger partial charge >= 0.3 is 0 Å². The first kappa shape index (κ1) is 5.80. The summed E-state index contributed by atoms with van der Waals surface area (Å²) in [6, 6.07) is 0. The summed E-state index contributed by atoms with van der Waals surface area (Å²) >= 11 is 1.62. The summed E-state index contributed by atoms with van der Waals surface area (Å²) in [7, 11) is 0. The fourth-order valence-electron chi connectivity index (χ4n) is 0.792. The molecule has 0 unspecified atom stereocenters. The Morgan fingerprint density at radius 3 is 3.40 bits per heavy atom. The van der Waals surface area contributed by atoms with E-state index in [-0.39, 0.29) is 0 Å². The van der Waals surface area contributed by atoms with Crippen LogP contribution >= 0.6 is 11.8 Å². The lowest BCUT2D eigenvalue weighted by molar-refractivity contribution is 0.948. The summed E-state index contributed by atoms with van der Waals surface area (Å²) in [5.74, 6) is 0. The number of hydrogen-bond donors (Lipinski definition) is 0. The van der Waals surface area contributed by atoms with E-state index in [1.807, 2.05) is 34.5 Å². The van der Waals surface area contributed by atoms with Gasteiger partial charge in [-0.15, -0.1) is 0 Å². The molecule has 0 amide bonds. The molecule has 2 rings (SSSR count). The molecule has 3 heteroatoms. The summed E-state index contributed by atoms with van der Waals surface area (Å²) < 4.78 is 1.99. The van der Waals surface area contributed by atoms with Crippen LogP contribution in [0.4, 0.5) is 0 Å². The molecule has 0 spiro atoms. The van der Waals surface area contributed by atoms with Crippen molar-refractivity contribution >= 4 is 18.0 Å². The number of thioether (sulfide) groups is 1. The van der Waals surface area contributed by atoms with Crippen molar-refractivity contribution < 1.29 is 0 Å². The first-order valence-corrected chi connectivity index (χ1v) is 3.87. The number of imidazole rings is 1. The van der Waals surface area contributed by atoms with Crippen LogP contribution in [0.3, 0.4) is 0 Å². The second-order valence-corrected chi connectivity index (χ2v) is 2.78. The fourth-order valence-corrected chi connectivity index (χ4v) is 1.45. The van der Waals surface area contributed by atoms with Gasteiger partial charge in [-0.25, -0.2) is 4.98 Å². The second-order valence-electron chi connectivity index (χ2n) is 1.90. The molecule has 0 fully saturated rings. The fraction of sp³-hybridized carbons (Fsp3) is 0. The molecule has 10 heavy (non-hydrogen) atoms. The molecule has 0 N–H and O–H groups in total. The molecule has 1 aromatic rings. The first-order chi connectivity index (χ1) is 4.97. The van der Waals surface area contributed by atoms with E-state index in [0.29, 0.717) is 0 Å². The van der Waals surface area contributed by atoms with Crippen LogP contribution < -0.4 is 0 Å². The van der Waals surface area contributed by atoms with Crippen LogP contribution in [-0.4, -0.2) is 9.55 Å². The average Bonchev–Trinajstić information content (AvgIpc) is 2.28. The van der Waals surface area contributed by atoms with Crippen LogP contribution in [0.25, 0.3) is 6.20 Å². The van der Waals surface area contributed by atoms with Crippen LogP contribution in [0.1, 0.15) is 0 Å². The van der Waals surface area contributed by atoms with Crippen molar-refractivity contribution in [1.29, 1.82) is 0 Å². The Morgan fingerprint density at radius 2 is 2.40 bits per heavy atom. The van der Waals surface area contributed by atoms with Gasteiger partial charge in [0.25, 0.3) is 0 Å². The van der Waals surface area contributed by atoms with Crippen LogP contribution in [0.5, 0.6) is 0 Å². The van der Waals surface area contributed by atoms with Gasteiger partial charge in [-0.3, -0.25) is 0 Å². The zero-order chi connectivity index (χ0) is 6.81. The largest absolute Gasteiger partial charge is 0.301 e. The number of hydrogen-bond acceptors (Lipinski definition) is 2. The molecular formula is C7H6N2S. The maximum Gasteiger partial charge on any atom is 0.176 e. The number of allylic oxidation sites excluding steroid dienone is 2. The average molecular weight is 150 g/mol. The first-order valence-electron chi connectivity index (χ1n) is 2.99. The normalized spacial score (nSPS) is 14.8. The molecule has 1 aliphatic rings. The van der Waals surface area contributed by atoms with Crippen LogP contribution in [0, 0.1) is 0 Å². The van der Waals surface area contributed by atoms with Crippen LogP contribution in [-0.2, 0) is 0 Å². The Bertz CT molecular complexity index is 286. The van der Waals surface area contributed by atoms with E-state index < -0.39 is 0 Å². The number of rotatable bonds is 0. The molecule has 2 nitrogen and oxygen atoms in total. The van der Waals surface area contributed by atoms with Crippen molar-refractivity contribution in [3.05, 3.63) is 30.0 Å². The Balaban J connectivity index is 2.50. The molecule has 0 bridgehead atoms. The van der Waals surface area contributed by atoms with Crippen molar-refractivity contribution in [1.82, 2.24) is 9.55 Å². The molecular weight excluding hydrogens is 144 g/mol. The Labute approximate surface area is 63.3 Å². The third-order valence-corrected chi connectivity index (χ3v) is 2.06. The highest BCUT2D eigenvalue weighted by atomic mass is 32.2. The molecule has 50 valence electrons. The summed E-state index contributed by atoms with van der Waals surface area (Å²) in [4.78, 5) is 4.14. The molecule has 0 radical (unpaired) electrons. The third-order valence-electron chi connectivity index (χ3n) is 1.24. The van der Waals surface area contributed by atoms with Gasteiger partial charge in [0.2, 0.25) is 0 Å². The zero-order valence-electron chi connectivity index (χ0n) is 5.27. The molecule has 1 aromatic heterocycles. The lowest BCUT2D eigenvalue weighted by Crippen LogP contribution is -1.83. The van der Waals surface area contributed by atoms with Gasteiger partial charge in [-0.2, -0.15) is 0 Å². The molecule has 0 atom stereocenters. The van der Waals surface area contributed by atoms with Crippen molar-refractivity contribution in [3.63, 3.8) is 0 Å². The molecule has 0 saturated carbocycles. The van der Waals surface area contributed by atoms with E-state index in [1.54, 1.807) is 18.0 Å². The Morgan fingerprint density at radius 1 is 1.40 bits per heavy atom. The molecule has 0 aliphatic carbocycles. The smallest absolute Gasteiger partial charge is 0.176 e. The summed E-state index contributed by atoms with van der Waals surface area (Å²) in [6.45, 7) is 0. The van der Waals surface area contributed by atoms with E-state index in [9.17, 15) is 0 Å². The predicted molar refractivity (Wildman–Crippen MR) is 42.6 cm³/mol. The highest BCUT2D eigenvalue weighted by molar-refractivity contribution is 8.02. The van der Waals surface area contributed by atoms with E-state index in [1.165, 1.54) is 0 Å². The van der Waals surface area contributed by atoms with Crippen molar-refractivity contribution in [2.24, 2.45) is 0 Å². The monoisotopic (exact) mass is 150 g/mol.